The minimum absolute atomic E-state index is 0.00828. The lowest BCUT2D eigenvalue weighted by Gasteiger charge is -2.10. The van der Waals surface area contributed by atoms with E-state index in [0.717, 1.165) is 16.8 Å². The smallest absolute Gasteiger partial charge is 0.326 e. The van der Waals surface area contributed by atoms with Gasteiger partial charge in [-0.1, -0.05) is 24.3 Å². The van der Waals surface area contributed by atoms with E-state index < -0.39 is 0 Å². The molecule has 0 bridgehead atoms. The topological polar surface area (TPSA) is 132 Å². The Labute approximate surface area is 186 Å². The predicted molar refractivity (Wildman–Crippen MR) is 122 cm³/mol. The van der Waals surface area contributed by atoms with Crippen LogP contribution in [0, 0.1) is 5.41 Å². The molecule has 4 N–H and O–H groups in total. The molecule has 9 heteroatoms. The molecule has 3 rings (SSSR count). The van der Waals surface area contributed by atoms with Crippen LogP contribution in [0.25, 0.3) is 11.0 Å². The van der Waals surface area contributed by atoms with Crippen molar-refractivity contribution in [2.45, 2.75) is 26.8 Å². The Morgan fingerprint density at radius 3 is 2.41 bits per heavy atom. The van der Waals surface area contributed by atoms with Crippen molar-refractivity contribution in [2.75, 3.05) is 25.1 Å². The average molecular weight is 438 g/mol. The van der Waals surface area contributed by atoms with Crippen molar-refractivity contribution in [2.24, 2.45) is 5.73 Å². The van der Waals surface area contributed by atoms with Gasteiger partial charge in [-0.3, -0.25) is 15.0 Å². The first-order chi connectivity index (χ1) is 15.4. The second-order valence-electron chi connectivity index (χ2n) is 7.07. The van der Waals surface area contributed by atoms with E-state index in [2.05, 4.69) is 5.32 Å². The van der Waals surface area contributed by atoms with Crippen molar-refractivity contribution in [1.29, 1.82) is 5.41 Å². The summed E-state index contributed by atoms with van der Waals surface area (Å²) in [6, 6.07) is 12.9. The van der Waals surface area contributed by atoms with E-state index >= 15 is 0 Å². The van der Waals surface area contributed by atoms with Crippen LogP contribution in [0.1, 0.15) is 30.8 Å². The number of benzene rings is 2. The fraction of sp³-hybridized carbons (Fsp3) is 0.304. The Morgan fingerprint density at radius 2 is 1.75 bits per heavy atom. The summed E-state index contributed by atoms with van der Waals surface area (Å²) in [6.45, 7) is 4.25. The number of rotatable bonds is 10. The van der Waals surface area contributed by atoms with Gasteiger partial charge in [0.15, 0.2) is 0 Å². The van der Waals surface area contributed by atoms with E-state index in [1.54, 1.807) is 26.0 Å². The fourth-order valence-electron chi connectivity index (χ4n) is 3.31. The quantitative estimate of drug-likeness (QED) is 0.252. The molecular weight excluding hydrogens is 410 g/mol. The molecule has 0 spiro atoms. The number of anilines is 1. The molecule has 0 saturated heterocycles. The first-order valence-electron chi connectivity index (χ1n) is 10.4. The number of ether oxygens (including phenoxy) is 2. The van der Waals surface area contributed by atoms with Crippen LogP contribution in [0.15, 0.2) is 42.5 Å². The maximum absolute atomic E-state index is 12.2. The molecule has 2 aromatic carbocycles. The van der Waals surface area contributed by atoms with Crippen LogP contribution in [0.4, 0.5) is 5.69 Å². The largest absolute Gasteiger partial charge is 0.465 e. The standard InChI is InChI=1S/C23H27N5O4/c1-3-31-21(29)13-26-17-9-10-19-18(12-17)27-20(28(19)14-22(30)32-4-2)11-15-5-7-16(8-6-15)23(24)25/h5-10,12,26H,3-4,11,13-14H2,1-2H3,(H3,24,25). The first-order valence-corrected chi connectivity index (χ1v) is 10.4. The number of hydrogen-bond acceptors (Lipinski definition) is 7. The zero-order valence-electron chi connectivity index (χ0n) is 18.2. The Hall–Kier alpha value is -3.88. The third-order valence-corrected chi connectivity index (χ3v) is 4.79. The van der Waals surface area contributed by atoms with Crippen LogP contribution in [-0.2, 0) is 32.0 Å². The molecule has 0 fully saturated rings. The van der Waals surface area contributed by atoms with E-state index in [4.69, 9.17) is 25.6 Å². The second kappa shape index (κ2) is 10.4. The monoisotopic (exact) mass is 437 g/mol. The molecule has 0 unspecified atom stereocenters. The summed E-state index contributed by atoms with van der Waals surface area (Å²) in [7, 11) is 0. The highest BCUT2D eigenvalue weighted by Gasteiger charge is 2.16. The molecule has 0 aliphatic heterocycles. The van der Waals surface area contributed by atoms with E-state index in [1.165, 1.54) is 0 Å². The highest BCUT2D eigenvalue weighted by atomic mass is 16.5. The average Bonchev–Trinajstić information content (AvgIpc) is 3.09. The van der Waals surface area contributed by atoms with Gasteiger partial charge in [0.25, 0.3) is 0 Å². The highest BCUT2D eigenvalue weighted by molar-refractivity contribution is 5.94. The minimum Gasteiger partial charge on any atom is -0.465 e. The van der Waals surface area contributed by atoms with Gasteiger partial charge in [0, 0.05) is 17.7 Å². The molecule has 1 heterocycles. The van der Waals surface area contributed by atoms with Gasteiger partial charge in [-0.05, 0) is 37.6 Å². The Balaban J connectivity index is 1.90. The summed E-state index contributed by atoms with van der Waals surface area (Å²) in [6.07, 6.45) is 0.484. The number of amidine groups is 1. The van der Waals surface area contributed by atoms with E-state index in [-0.39, 0.29) is 30.9 Å². The lowest BCUT2D eigenvalue weighted by molar-refractivity contribution is -0.144. The van der Waals surface area contributed by atoms with Crippen molar-refractivity contribution in [3.05, 3.63) is 59.4 Å². The maximum Gasteiger partial charge on any atom is 0.326 e. The molecule has 32 heavy (non-hydrogen) atoms. The van der Waals surface area contributed by atoms with Gasteiger partial charge >= 0.3 is 11.9 Å². The first kappa shape index (κ1) is 22.8. The van der Waals surface area contributed by atoms with Crippen molar-refractivity contribution >= 4 is 34.5 Å². The molecule has 0 aliphatic rings. The summed E-state index contributed by atoms with van der Waals surface area (Å²) < 4.78 is 11.9. The van der Waals surface area contributed by atoms with Gasteiger partial charge in [0.1, 0.15) is 24.7 Å². The lowest BCUT2D eigenvalue weighted by atomic mass is 10.1. The number of aromatic nitrogens is 2. The fourth-order valence-corrected chi connectivity index (χ4v) is 3.31. The second-order valence-corrected chi connectivity index (χ2v) is 7.07. The van der Waals surface area contributed by atoms with Crippen LogP contribution < -0.4 is 11.1 Å². The van der Waals surface area contributed by atoms with Gasteiger partial charge < -0.3 is 25.1 Å². The van der Waals surface area contributed by atoms with Gasteiger partial charge in [-0.25, -0.2) is 4.98 Å². The summed E-state index contributed by atoms with van der Waals surface area (Å²) in [5, 5.41) is 10.6. The van der Waals surface area contributed by atoms with Gasteiger partial charge in [-0.15, -0.1) is 0 Å². The Morgan fingerprint density at radius 1 is 1.06 bits per heavy atom. The van der Waals surface area contributed by atoms with Gasteiger partial charge in [0.2, 0.25) is 0 Å². The van der Waals surface area contributed by atoms with E-state index in [9.17, 15) is 9.59 Å². The molecule has 9 nitrogen and oxygen atoms in total. The summed E-state index contributed by atoms with van der Waals surface area (Å²) in [5.41, 5.74) is 9.35. The number of nitrogen functional groups attached to an aromatic ring is 1. The maximum atomic E-state index is 12.2. The Kier molecular flexibility index (Phi) is 7.43. The third-order valence-electron chi connectivity index (χ3n) is 4.79. The SMILES string of the molecule is CCOC(=O)CNc1ccc2c(c1)nc(Cc1ccc(C(=N)N)cc1)n2CC(=O)OCC. The molecule has 0 amide bonds. The number of esters is 2. The van der Waals surface area contributed by atoms with Crippen molar-refractivity contribution in [1.82, 2.24) is 9.55 Å². The molecule has 0 atom stereocenters. The molecule has 168 valence electrons. The van der Waals surface area contributed by atoms with E-state index in [1.807, 2.05) is 34.9 Å². The molecule has 0 radical (unpaired) electrons. The molecule has 3 aromatic rings. The number of hydrogen-bond donors (Lipinski definition) is 3. The van der Waals surface area contributed by atoms with Crippen LogP contribution in [0.3, 0.4) is 0 Å². The van der Waals surface area contributed by atoms with Crippen LogP contribution in [-0.4, -0.2) is 47.1 Å². The van der Waals surface area contributed by atoms with Crippen molar-refractivity contribution in [3.8, 4) is 0 Å². The van der Waals surface area contributed by atoms with Gasteiger partial charge in [0.05, 0.1) is 24.2 Å². The zero-order chi connectivity index (χ0) is 23.1. The number of carbonyl (C=O) groups is 2. The van der Waals surface area contributed by atoms with Crippen LogP contribution in [0.2, 0.25) is 0 Å². The van der Waals surface area contributed by atoms with Crippen molar-refractivity contribution in [3.63, 3.8) is 0 Å². The number of imidazole rings is 1. The highest BCUT2D eigenvalue weighted by Crippen LogP contribution is 2.23. The molecule has 1 aromatic heterocycles. The molecular formula is C23H27N5O4. The van der Waals surface area contributed by atoms with E-state index in [0.29, 0.717) is 36.5 Å². The van der Waals surface area contributed by atoms with Crippen LogP contribution >= 0.6 is 0 Å². The number of carbonyl (C=O) groups excluding carboxylic acids is 2. The zero-order valence-corrected chi connectivity index (χ0v) is 18.2. The molecule has 0 aliphatic carbocycles. The molecule has 0 saturated carbocycles. The number of fused-ring (bicyclic) bond motifs is 1. The number of nitrogens with one attached hydrogen (secondary N) is 2. The third kappa shape index (κ3) is 5.63. The van der Waals surface area contributed by atoms with Crippen molar-refractivity contribution < 1.29 is 19.1 Å². The summed E-state index contributed by atoms with van der Waals surface area (Å²) >= 11 is 0. The van der Waals surface area contributed by atoms with Crippen LogP contribution in [0.5, 0.6) is 0 Å². The predicted octanol–water partition coefficient (Wildman–Crippen LogP) is 2.45. The van der Waals surface area contributed by atoms with Gasteiger partial charge in [-0.2, -0.15) is 0 Å². The number of nitrogens with two attached hydrogens (primary N) is 1. The summed E-state index contributed by atoms with van der Waals surface area (Å²) in [4.78, 5) is 28.6. The Bertz CT molecular complexity index is 1120. The number of nitrogens with zero attached hydrogens (tertiary/aromatic N) is 2. The minimum atomic E-state index is -0.343. The lowest BCUT2D eigenvalue weighted by Crippen LogP contribution is -2.16. The summed E-state index contributed by atoms with van der Waals surface area (Å²) in [5.74, 6) is 0.0275. The normalized spacial score (nSPS) is 10.7.